The summed E-state index contributed by atoms with van der Waals surface area (Å²) in [5.41, 5.74) is 1.06. The summed E-state index contributed by atoms with van der Waals surface area (Å²) in [6.07, 6.45) is 0. The number of rotatable bonds is 6. The van der Waals surface area contributed by atoms with E-state index in [1.807, 2.05) is 26.8 Å². The molecule has 0 aliphatic carbocycles. The van der Waals surface area contributed by atoms with Crippen LogP contribution in [-0.4, -0.2) is 25.8 Å². The molecule has 1 fully saturated rings. The Morgan fingerprint density at radius 3 is 2.45 bits per heavy atom. The monoisotopic (exact) mass is 438 g/mol. The number of benzene rings is 2. The molecule has 156 valence electrons. The Morgan fingerprint density at radius 1 is 1.17 bits per heavy atom. The summed E-state index contributed by atoms with van der Waals surface area (Å²) in [6.45, 7) is 5.85. The highest BCUT2D eigenvalue weighted by molar-refractivity contribution is 7.54. The van der Waals surface area contributed by atoms with Gasteiger partial charge < -0.3 is 18.5 Å². The topological polar surface area (TPSA) is 71.1 Å². The minimum Gasteiger partial charge on any atom is -0.482 e. The predicted molar refractivity (Wildman–Crippen MR) is 110 cm³/mol. The fraction of sp³-hybridized carbons (Fsp3) is 0.381. The van der Waals surface area contributed by atoms with E-state index < -0.39 is 19.4 Å². The summed E-state index contributed by atoms with van der Waals surface area (Å²) in [7, 11) is -3.71. The summed E-state index contributed by atoms with van der Waals surface area (Å²) in [6, 6.07) is 13.9. The summed E-state index contributed by atoms with van der Waals surface area (Å²) in [5.74, 6) is -1.33. The number of esters is 1. The number of hydrogen-bond donors (Lipinski definition) is 0. The lowest BCUT2D eigenvalue weighted by molar-refractivity contribution is -0.149. The zero-order valence-corrected chi connectivity index (χ0v) is 18.2. The molecule has 1 heterocycles. The van der Waals surface area contributed by atoms with Crippen LogP contribution in [0.3, 0.4) is 0 Å². The second-order valence-electron chi connectivity index (χ2n) is 7.70. The van der Waals surface area contributed by atoms with Gasteiger partial charge in [0.15, 0.2) is 6.61 Å². The number of carbonyl (C=O) groups is 1. The van der Waals surface area contributed by atoms with Crippen molar-refractivity contribution in [1.29, 1.82) is 0 Å². The van der Waals surface area contributed by atoms with Gasteiger partial charge in [-0.2, -0.15) is 0 Å². The van der Waals surface area contributed by atoms with E-state index in [9.17, 15) is 9.36 Å². The third-order valence-corrected chi connectivity index (χ3v) is 6.56. The third-order valence-electron chi connectivity index (χ3n) is 4.37. The molecule has 0 bridgehead atoms. The van der Waals surface area contributed by atoms with Gasteiger partial charge in [-0.15, -0.1) is 0 Å². The first-order valence-electron chi connectivity index (χ1n) is 9.21. The van der Waals surface area contributed by atoms with E-state index in [-0.39, 0.29) is 25.2 Å². The molecule has 8 heteroatoms. The molecule has 2 aromatic carbocycles. The molecule has 29 heavy (non-hydrogen) atoms. The van der Waals surface area contributed by atoms with Gasteiger partial charge in [-0.25, -0.2) is 4.79 Å². The van der Waals surface area contributed by atoms with Gasteiger partial charge in [0.1, 0.15) is 5.75 Å². The number of carbonyl (C=O) groups excluding carboxylic acids is 1. The molecule has 1 aliphatic heterocycles. The highest BCUT2D eigenvalue weighted by Crippen LogP contribution is 2.64. The summed E-state index contributed by atoms with van der Waals surface area (Å²) >= 11 is 5.93. The fourth-order valence-electron chi connectivity index (χ4n) is 2.75. The molecule has 0 radical (unpaired) electrons. The van der Waals surface area contributed by atoms with Crippen molar-refractivity contribution < 1.29 is 27.9 Å². The maximum atomic E-state index is 13.3. The Morgan fingerprint density at radius 2 is 1.83 bits per heavy atom. The van der Waals surface area contributed by atoms with Crippen molar-refractivity contribution in [2.24, 2.45) is 5.41 Å². The van der Waals surface area contributed by atoms with E-state index in [2.05, 4.69) is 0 Å². The average molecular weight is 439 g/mol. The van der Waals surface area contributed by atoms with Gasteiger partial charge in [0.2, 0.25) is 5.85 Å². The number of aryl methyl sites for hydroxylation is 1. The van der Waals surface area contributed by atoms with E-state index in [0.717, 1.165) is 5.56 Å². The Hall–Kier alpha value is -1.85. The number of hydrogen-bond acceptors (Lipinski definition) is 6. The van der Waals surface area contributed by atoms with Crippen LogP contribution in [-0.2, 0) is 23.1 Å². The maximum absolute atomic E-state index is 13.3. The van der Waals surface area contributed by atoms with Crippen molar-refractivity contribution in [1.82, 2.24) is 0 Å². The van der Waals surface area contributed by atoms with E-state index >= 15 is 0 Å². The van der Waals surface area contributed by atoms with Gasteiger partial charge in [0.05, 0.1) is 13.2 Å². The summed E-state index contributed by atoms with van der Waals surface area (Å²) < 4.78 is 35.6. The van der Waals surface area contributed by atoms with Gasteiger partial charge in [0, 0.05) is 16.0 Å². The van der Waals surface area contributed by atoms with Crippen molar-refractivity contribution in [3.8, 4) is 5.75 Å². The smallest absolute Gasteiger partial charge is 0.375 e. The van der Waals surface area contributed by atoms with Crippen molar-refractivity contribution >= 4 is 25.2 Å². The first kappa shape index (κ1) is 21.8. The largest absolute Gasteiger partial charge is 0.482 e. The van der Waals surface area contributed by atoms with E-state index in [1.54, 1.807) is 42.5 Å². The van der Waals surface area contributed by atoms with Crippen molar-refractivity contribution in [3.05, 3.63) is 64.7 Å². The molecule has 0 amide bonds. The molecule has 1 saturated heterocycles. The molecule has 0 spiro atoms. The van der Waals surface area contributed by atoms with Crippen molar-refractivity contribution in [3.63, 3.8) is 0 Å². The summed E-state index contributed by atoms with van der Waals surface area (Å²) in [4.78, 5) is 12.5. The van der Waals surface area contributed by atoms with Gasteiger partial charge in [-0.05, 0) is 30.7 Å². The normalized spacial score (nSPS) is 18.6. The summed E-state index contributed by atoms with van der Waals surface area (Å²) in [5, 5.41) is 0.578. The lowest BCUT2D eigenvalue weighted by Crippen LogP contribution is -2.31. The molecule has 0 saturated carbocycles. The van der Waals surface area contributed by atoms with E-state index in [1.165, 1.54) is 0 Å². The second kappa shape index (κ2) is 8.88. The second-order valence-corrected chi connectivity index (χ2v) is 10.2. The molecule has 0 N–H and O–H groups in total. The van der Waals surface area contributed by atoms with Crippen LogP contribution >= 0.6 is 19.2 Å². The first-order chi connectivity index (χ1) is 13.7. The molecular weight excluding hydrogens is 415 g/mol. The molecule has 6 nitrogen and oxygen atoms in total. The Kier molecular flexibility index (Phi) is 6.69. The minimum absolute atomic E-state index is 0.242. The van der Waals surface area contributed by atoms with Gasteiger partial charge >= 0.3 is 13.6 Å². The SMILES string of the molecule is Cc1cc(Cl)ccc1OCC(=O)OC(c1ccccc1)P1(=O)OCC(C)(C)CO1. The standard InChI is InChI=1S/C21H24ClO6P/c1-15-11-17(22)9-10-18(15)25-12-19(23)28-20(16-7-5-4-6-8-16)29(24)26-13-21(2,3)14-27-29/h4-11,20H,12-14H2,1-3H3. The first-order valence-corrected chi connectivity index (χ1v) is 11.2. The number of halogens is 1. The highest BCUT2D eigenvalue weighted by atomic mass is 35.5. The maximum Gasteiger partial charge on any atom is 0.375 e. The van der Waals surface area contributed by atoms with Crippen LogP contribution in [0.1, 0.15) is 30.8 Å². The zero-order chi connectivity index (χ0) is 21.1. The molecule has 1 atom stereocenters. The molecule has 0 aromatic heterocycles. The van der Waals surface area contributed by atoms with Crippen LogP contribution in [0.5, 0.6) is 5.75 Å². The number of ether oxygens (including phenoxy) is 2. The minimum atomic E-state index is -3.71. The molecular formula is C21H24ClO6P. The Bertz CT molecular complexity index is 901. The van der Waals surface area contributed by atoms with Crippen LogP contribution in [0, 0.1) is 12.3 Å². The fourth-order valence-corrected chi connectivity index (χ4v) is 5.16. The van der Waals surface area contributed by atoms with Crippen molar-refractivity contribution in [2.45, 2.75) is 26.6 Å². The Balaban J connectivity index is 1.73. The molecule has 3 rings (SSSR count). The lowest BCUT2D eigenvalue weighted by Gasteiger charge is -2.36. The van der Waals surface area contributed by atoms with Crippen LogP contribution in [0.25, 0.3) is 0 Å². The molecule has 2 aromatic rings. The van der Waals surface area contributed by atoms with Gasteiger partial charge in [-0.3, -0.25) is 4.57 Å². The van der Waals surface area contributed by atoms with Crippen LogP contribution in [0.4, 0.5) is 0 Å². The molecule has 1 unspecified atom stereocenters. The third kappa shape index (κ3) is 5.61. The van der Waals surface area contributed by atoms with Gasteiger partial charge in [0.25, 0.3) is 0 Å². The lowest BCUT2D eigenvalue weighted by atomic mass is 9.97. The van der Waals surface area contributed by atoms with E-state index in [4.69, 9.17) is 30.1 Å². The van der Waals surface area contributed by atoms with Crippen LogP contribution in [0.15, 0.2) is 48.5 Å². The van der Waals surface area contributed by atoms with Crippen LogP contribution < -0.4 is 4.74 Å². The Labute approximate surface area is 175 Å². The highest BCUT2D eigenvalue weighted by Gasteiger charge is 2.46. The zero-order valence-electron chi connectivity index (χ0n) is 16.6. The van der Waals surface area contributed by atoms with Gasteiger partial charge in [-0.1, -0.05) is 55.8 Å². The predicted octanol–water partition coefficient (Wildman–Crippen LogP) is 5.54. The van der Waals surface area contributed by atoms with E-state index in [0.29, 0.717) is 16.3 Å². The van der Waals surface area contributed by atoms with Crippen molar-refractivity contribution in [2.75, 3.05) is 19.8 Å². The molecule has 1 aliphatic rings. The quantitative estimate of drug-likeness (QED) is 0.436. The average Bonchev–Trinajstić information content (AvgIpc) is 2.69. The van der Waals surface area contributed by atoms with Crippen LogP contribution in [0.2, 0.25) is 5.02 Å².